The van der Waals surface area contributed by atoms with E-state index in [0.29, 0.717) is 5.69 Å². The normalized spacial score (nSPS) is 11.3. The van der Waals surface area contributed by atoms with E-state index < -0.39 is 9.84 Å². The second-order valence-corrected chi connectivity index (χ2v) is 4.50. The van der Waals surface area contributed by atoms with Crippen molar-refractivity contribution >= 4 is 15.7 Å². The fourth-order valence-electron chi connectivity index (χ4n) is 0.781. The molecule has 0 fully saturated rings. The van der Waals surface area contributed by atoms with Gasteiger partial charge in [-0.2, -0.15) is 4.98 Å². The summed E-state index contributed by atoms with van der Waals surface area (Å²) in [6.07, 6.45) is 1.04. The Morgan fingerprint density at radius 2 is 2.08 bits per heavy atom. The highest BCUT2D eigenvalue weighted by Crippen LogP contribution is 2.08. The van der Waals surface area contributed by atoms with E-state index in [4.69, 9.17) is 5.84 Å². The number of nitrogen functional groups attached to an aromatic ring is 1. The van der Waals surface area contributed by atoms with E-state index in [2.05, 4.69) is 15.4 Å². The molecule has 13 heavy (non-hydrogen) atoms. The van der Waals surface area contributed by atoms with Gasteiger partial charge in [-0.1, -0.05) is 0 Å². The maximum Gasteiger partial charge on any atom is 0.249 e. The fourth-order valence-corrected chi connectivity index (χ4v) is 1.36. The van der Waals surface area contributed by atoms with E-state index in [9.17, 15) is 8.42 Å². The molecule has 0 aromatic carbocycles. The van der Waals surface area contributed by atoms with Gasteiger partial charge in [-0.25, -0.2) is 19.2 Å². The number of anilines is 1. The number of nitrogens with two attached hydrogens (primary N) is 1. The van der Waals surface area contributed by atoms with E-state index in [1.807, 2.05) is 0 Å². The van der Waals surface area contributed by atoms with Gasteiger partial charge in [-0.3, -0.25) is 0 Å². The van der Waals surface area contributed by atoms with Gasteiger partial charge in [0.25, 0.3) is 0 Å². The molecular formula is C6H10N4O2S. The van der Waals surface area contributed by atoms with Crippen LogP contribution in [0.4, 0.5) is 5.82 Å². The minimum Gasteiger partial charge on any atom is -0.308 e. The average molecular weight is 202 g/mol. The largest absolute Gasteiger partial charge is 0.308 e. The number of nitrogens with one attached hydrogen (secondary N) is 1. The molecule has 0 amide bonds. The van der Waals surface area contributed by atoms with Gasteiger partial charge in [0.05, 0.1) is 0 Å². The third-order valence-corrected chi connectivity index (χ3v) is 2.16. The lowest BCUT2D eigenvalue weighted by molar-refractivity contribution is 0.592. The highest BCUT2D eigenvalue weighted by Gasteiger charge is 2.12. The molecule has 0 unspecified atom stereocenters. The number of aromatic nitrogens is 2. The van der Waals surface area contributed by atoms with Gasteiger partial charge in [0.1, 0.15) is 5.82 Å². The van der Waals surface area contributed by atoms with Gasteiger partial charge in [0.15, 0.2) is 0 Å². The van der Waals surface area contributed by atoms with Crippen molar-refractivity contribution < 1.29 is 8.42 Å². The van der Waals surface area contributed by atoms with E-state index in [1.54, 1.807) is 13.0 Å². The molecular weight excluding hydrogens is 192 g/mol. The molecule has 6 nitrogen and oxygen atoms in total. The topological polar surface area (TPSA) is 98.0 Å². The molecule has 0 aliphatic carbocycles. The minimum absolute atomic E-state index is 0.222. The summed E-state index contributed by atoms with van der Waals surface area (Å²) in [5, 5.41) is -0.222. The molecule has 1 aromatic rings. The summed E-state index contributed by atoms with van der Waals surface area (Å²) in [5.74, 6) is 5.38. The van der Waals surface area contributed by atoms with Crippen LogP contribution in [0.1, 0.15) is 5.69 Å². The summed E-state index contributed by atoms with van der Waals surface area (Å²) < 4.78 is 22.1. The molecule has 0 bridgehead atoms. The van der Waals surface area contributed by atoms with Crippen molar-refractivity contribution in [1.29, 1.82) is 0 Å². The maximum absolute atomic E-state index is 11.1. The summed E-state index contributed by atoms with van der Waals surface area (Å²) in [5.41, 5.74) is 2.81. The molecule has 0 saturated carbocycles. The van der Waals surface area contributed by atoms with Crippen LogP contribution in [0.25, 0.3) is 0 Å². The van der Waals surface area contributed by atoms with E-state index in [0.717, 1.165) is 6.26 Å². The summed E-state index contributed by atoms with van der Waals surface area (Å²) in [4.78, 5) is 7.45. The number of hydrogen-bond donors (Lipinski definition) is 2. The maximum atomic E-state index is 11.1. The Morgan fingerprint density at radius 3 is 2.54 bits per heavy atom. The SMILES string of the molecule is Cc1cc(NN)nc(S(C)(=O)=O)n1. The molecule has 1 rings (SSSR count). The number of hydrazine groups is 1. The lowest BCUT2D eigenvalue weighted by Crippen LogP contribution is -2.12. The molecule has 0 aliphatic heterocycles. The van der Waals surface area contributed by atoms with Crippen molar-refractivity contribution in [2.45, 2.75) is 12.1 Å². The smallest absolute Gasteiger partial charge is 0.249 e. The zero-order valence-electron chi connectivity index (χ0n) is 7.27. The zero-order valence-corrected chi connectivity index (χ0v) is 8.09. The van der Waals surface area contributed by atoms with Crippen LogP contribution in [0, 0.1) is 6.92 Å². The van der Waals surface area contributed by atoms with Crippen molar-refractivity contribution in [3.8, 4) is 0 Å². The van der Waals surface area contributed by atoms with Gasteiger partial charge < -0.3 is 5.43 Å². The van der Waals surface area contributed by atoms with Gasteiger partial charge in [-0.15, -0.1) is 0 Å². The van der Waals surface area contributed by atoms with Crippen molar-refractivity contribution in [2.75, 3.05) is 11.7 Å². The first-order valence-corrected chi connectivity index (χ1v) is 5.35. The summed E-state index contributed by atoms with van der Waals surface area (Å²) in [6, 6.07) is 1.55. The number of nitrogens with zero attached hydrogens (tertiary/aromatic N) is 2. The van der Waals surface area contributed by atoms with E-state index in [1.165, 1.54) is 0 Å². The molecule has 1 heterocycles. The van der Waals surface area contributed by atoms with Gasteiger partial charge in [-0.05, 0) is 6.92 Å². The highest BCUT2D eigenvalue weighted by molar-refractivity contribution is 7.90. The Kier molecular flexibility index (Phi) is 2.48. The van der Waals surface area contributed by atoms with Crippen LogP contribution in [0.5, 0.6) is 0 Å². The van der Waals surface area contributed by atoms with Crippen LogP contribution in [0.2, 0.25) is 0 Å². The van der Waals surface area contributed by atoms with Crippen LogP contribution in [-0.4, -0.2) is 24.6 Å². The highest BCUT2D eigenvalue weighted by atomic mass is 32.2. The number of sulfone groups is 1. The quantitative estimate of drug-likeness (QED) is 0.380. The Hall–Kier alpha value is -1.21. The molecule has 1 aromatic heterocycles. The molecule has 0 atom stereocenters. The van der Waals surface area contributed by atoms with E-state index >= 15 is 0 Å². The van der Waals surface area contributed by atoms with E-state index in [-0.39, 0.29) is 11.0 Å². The predicted octanol–water partition coefficient (Wildman–Crippen LogP) is -0.526. The second-order valence-electron chi connectivity index (χ2n) is 2.59. The van der Waals surface area contributed by atoms with Crippen LogP contribution < -0.4 is 11.3 Å². The minimum atomic E-state index is -3.38. The monoisotopic (exact) mass is 202 g/mol. The number of hydrogen-bond acceptors (Lipinski definition) is 6. The summed E-state index contributed by atoms with van der Waals surface area (Å²) in [6.45, 7) is 1.66. The second kappa shape index (κ2) is 3.27. The molecule has 0 aliphatic rings. The van der Waals surface area contributed by atoms with Crippen LogP contribution in [0.3, 0.4) is 0 Å². The van der Waals surface area contributed by atoms with Gasteiger partial charge >= 0.3 is 0 Å². The number of rotatable bonds is 2. The standard InChI is InChI=1S/C6H10N4O2S/c1-4-3-5(10-7)9-6(8-4)13(2,11)12/h3H,7H2,1-2H3,(H,8,9,10). The summed E-state index contributed by atoms with van der Waals surface area (Å²) in [7, 11) is -3.38. The van der Waals surface area contributed by atoms with Gasteiger partial charge in [0, 0.05) is 18.0 Å². The summed E-state index contributed by atoms with van der Waals surface area (Å²) >= 11 is 0. The van der Waals surface area contributed by atoms with Crippen LogP contribution >= 0.6 is 0 Å². The first-order valence-electron chi connectivity index (χ1n) is 3.46. The van der Waals surface area contributed by atoms with Gasteiger partial charge in [0.2, 0.25) is 15.0 Å². The third kappa shape index (κ3) is 2.36. The molecule has 3 N–H and O–H groups in total. The zero-order chi connectivity index (χ0) is 10.1. The molecule has 72 valence electrons. The van der Waals surface area contributed by atoms with Crippen LogP contribution in [-0.2, 0) is 9.84 Å². The predicted molar refractivity (Wildman–Crippen MR) is 47.7 cm³/mol. The lowest BCUT2D eigenvalue weighted by atomic mass is 10.4. The first-order chi connectivity index (χ1) is 5.93. The van der Waals surface area contributed by atoms with Crippen molar-refractivity contribution in [1.82, 2.24) is 9.97 Å². The molecule has 0 radical (unpaired) electrons. The Balaban J connectivity index is 3.33. The Bertz CT molecular complexity index is 415. The van der Waals surface area contributed by atoms with Crippen molar-refractivity contribution in [3.63, 3.8) is 0 Å². The lowest BCUT2D eigenvalue weighted by Gasteiger charge is -2.02. The van der Waals surface area contributed by atoms with Crippen LogP contribution in [0.15, 0.2) is 11.2 Å². The third-order valence-electron chi connectivity index (χ3n) is 1.31. The number of aryl methyl sites for hydroxylation is 1. The average Bonchev–Trinajstić information content (AvgIpc) is 2.01. The van der Waals surface area contributed by atoms with Crippen molar-refractivity contribution in [2.24, 2.45) is 5.84 Å². The Morgan fingerprint density at radius 1 is 1.46 bits per heavy atom. The molecule has 0 saturated heterocycles. The molecule has 0 spiro atoms. The van der Waals surface area contributed by atoms with Crippen molar-refractivity contribution in [3.05, 3.63) is 11.8 Å². The fraction of sp³-hybridized carbons (Fsp3) is 0.333. The molecule has 7 heteroatoms. The Labute approximate surface area is 76.1 Å². The first kappa shape index (κ1) is 9.87.